The molecule has 7 heteroatoms. The van der Waals surface area contributed by atoms with E-state index in [2.05, 4.69) is 15.5 Å². The van der Waals surface area contributed by atoms with Gasteiger partial charge in [-0.05, 0) is 29.8 Å². The van der Waals surface area contributed by atoms with Gasteiger partial charge < -0.3 is 10.2 Å². The van der Waals surface area contributed by atoms with E-state index in [1.165, 1.54) is 5.38 Å². The summed E-state index contributed by atoms with van der Waals surface area (Å²) in [6.07, 6.45) is 1.54. The third-order valence-corrected chi connectivity index (χ3v) is 2.74. The summed E-state index contributed by atoms with van der Waals surface area (Å²) < 4.78 is 0. The van der Waals surface area contributed by atoms with Crippen LogP contribution in [0.25, 0.3) is 0 Å². The lowest BCUT2D eigenvalue weighted by atomic mass is 10.2. The minimum absolute atomic E-state index is 0.0117. The average molecular weight is 263 g/mol. The zero-order valence-electron chi connectivity index (χ0n) is 9.07. The SMILES string of the molecule is O=C(O)c1csc(N/N=C/c2ccc(O)cc2)n1. The van der Waals surface area contributed by atoms with E-state index in [1.54, 1.807) is 30.5 Å². The van der Waals surface area contributed by atoms with Crippen LogP contribution in [-0.2, 0) is 0 Å². The number of hydrazone groups is 1. The molecule has 18 heavy (non-hydrogen) atoms. The first-order valence-corrected chi connectivity index (χ1v) is 5.80. The van der Waals surface area contributed by atoms with Crippen molar-refractivity contribution in [3.63, 3.8) is 0 Å². The Morgan fingerprint density at radius 1 is 1.39 bits per heavy atom. The highest BCUT2D eigenvalue weighted by Gasteiger charge is 2.07. The van der Waals surface area contributed by atoms with Crippen molar-refractivity contribution in [3.8, 4) is 5.75 Å². The van der Waals surface area contributed by atoms with E-state index in [0.29, 0.717) is 5.13 Å². The van der Waals surface area contributed by atoms with Crippen molar-refractivity contribution >= 4 is 28.7 Å². The molecule has 0 saturated heterocycles. The number of carboxylic acid groups (broad SMARTS) is 1. The van der Waals surface area contributed by atoms with E-state index in [4.69, 9.17) is 10.2 Å². The highest BCUT2D eigenvalue weighted by atomic mass is 32.1. The Balaban J connectivity index is 1.98. The third-order valence-electron chi connectivity index (χ3n) is 1.99. The van der Waals surface area contributed by atoms with Crippen molar-refractivity contribution in [1.82, 2.24) is 4.98 Å². The Kier molecular flexibility index (Phi) is 3.54. The van der Waals surface area contributed by atoms with Crippen molar-refractivity contribution in [2.24, 2.45) is 5.10 Å². The molecule has 1 heterocycles. The molecule has 1 aromatic carbocycles. The Bertz CT molecular complexity index is 577. The standard InChI is InChI=1S/C11H9N3O3S/c15-8-3-1-7(2-4-8)5-12-14-11-13-9(6-18-11)10(16)17/h1-6,15H,(H,13,14)(H,16,17)/b12-5+. The summed E-state index contributed by atoms with van der Waals surface area (Å²) >= 11 is 1.16. The topological polar surface area (TPSA) is 94.8 Å². The Morgan fingerprint density at radius 2 is 2.11 bits per heavy atom. The van der Waals surface area contributed by atoms with Gasteiger partial charge in [-0.15, -0.1) is 11.3 Å². The molecule has 0 aliphatic rings. The number of aromatic carboxylic acids is 1. The van der Waals surface area contributed by atoms with E-state index in [1.807, 2.05) is 0 Å². The van der Waals surface area contributed by atoms with Crippen LogP contribution >= 0.6 is 11.3 Å². The number of nitrogens with zero attached hydrogens (tertiary/aromatic N) is 2. The maximum Gasteiger partial charge on any atom is 0.355 e. The number of phenols is 1. The molecule has 2 rings (SSSR count). The largest absolute Gasteiger partial charge is 0.508 e. The Morgan fingerprint density at radius 3 is 2.72 bits per heavy atom. The quantitative estimate of drug-likeness (QED) is 0.579. The highest BCUT2D eigenvalue weighted by Crippen LogP contribution is 2.15. The van der Waals surface area contributed by atoms with E-state index < -0.39 is 5.97 Å². The van der Waals surface area contributed by atoms with Gasteiger partial charge in [0.25, 0.3) is 0 Å². The van der Waals surface area contributed by atoms with Gasteiger partial charge in [0.05, 0.1) is 6.21 Å². The van der Waals surface area contributed by atoms with Crippen molar-refractivity contribution in [1.29, 1.82) is 0 Å². The number of aromatic hydroxyl groups is 1. The Hall–Kier alpha value is -2.41. The summed E-state index contributed by atoms with van der Waals surface area (Å²) in [5, 5.41) is 23.5. The molecular formula is C11H9N3O3S. The number of anilines is 1. The molecular weight excluding hydrogens is 254 g/mol. The predicted octanol–water partition coefficient (Wildman–Crippen LogP) is 1.99. The first kappa shape index (κ1) is 12.1. The lowest BCUT2D eigenvalue weighted by Gasteiger charge is -1.94. The average Bonchev–Trinajstić information content (AvgIpc) is 2.81. The van der Waals surface area contributed by atoms with Crippen molar-refractivity contribution in [3.05, 3.63) is 40.9 Å². The summed E-state index contributed by atoms with van der Waals surface area (Å²) in [6, 6.07) is 6.50. The monoisotopic (exact) mass is 263 g/mol. The fourth-order valence-corrected chi connectivity index (χ4v) is 1.78. The zero-order valence-corrected chi connectivity index (χ0v) is 9.89. The smallest absolute Gasteiger partial charge is 0.355 e. The van der Waals surface area contributed by atoms with Gasteiger partial charge in [0, 0.05) is 5.38 Å². The normalized spacial score (nSPS) is 10.7. The minimum Gasteiger partial charge on any atom is -0.508 e. The number of carboxylic acids is 1. The number of phenolic OH excluding ortho intramolecular Hbond substituents is 1. The van der Waals surface area contributed by atoms with Gasteiger partial charge in [-0.2, -0.15) is 5.10 Å². The highest BCUT2D eigenvalue weighted by molar-refractivity contribution is 7.13. The number of aromatic nitrogens is 1. The zero-order chi connectivity index (χ0) is 13.0. The van der Waals surface area contributed by atoms with E-state index in [0.717, 1.165) is 16.9 Å². The second kappa shape index (κ2) is 5.28. The van der Waals surface area contributed by atoms with Gasteiger partial charge in [-0.25, -0.2) is 9.78 Å². The lowest BCUT2D eigenvalue weighted by Crippen LogP contribution is -1.97. The van der Waals surface area contributed by atoms with Crippen molar-refractivity contribution in [2.45, 2.75) is 0 Å². The summed E-state index contributed by atoms with van der Waals surface area (Å²) in [5.74, 6) is -0.882. The molecule has 0 bridgehead atoms. The van der Waals surface area contributed by atoms with Gasteiger partial charge in [0.15, 0.2) is 5.69 Å². The summed E-state index contributed by atoms with van der Waals surface area (Å²) in [5.41, 5.74) is 3.42. The number of rotatable bonds is 4. The maximum absolute atomic E-state index is 10.6. The molecule has 1 aromatic heterocycles. The molecule has 92 valence electrons. The first-order valence-electron chi connectivity index (χ1n) is 4.92. The van der Waals surface area contributed by atoms with Gasteiger partial charge in [-0.3, -0.25) is 5.43 Å². The number of carbonyl (C=O) groups is 1. The van der Waals surface area contributed by atoms with Crippen LogP contribution in [0.2, 0.25) is 0 Å². The van der Waals surface area contributed by atoms with Gasteiger partial charge in [0.2, 0.25) is 5.13 Å². The van der Waals surface area contributed by atoms with Gasteiger partial charge in [-0.1, -0.05) is 0 Å². The molecule has 0 spiro atoms. The van der Waals surface area contributed by atoms with Gasteiger partial charge in [0.1, 0.15) is 5.75 Å². The minimum atomic E-state index is -1.07. The van der Waals surface area contributed by atoms with Crippen LogP contribution in [0.5, 0.6) is 5.75 Å². The fourth-order valence-electron chi connectivity index (χ4n) is 1.15. The third kappa shape index (κ3) is 3.05. The fraction of sp³-hybridized carbons (Fsp3) is 0. The molecule has 0 atom stereocenters. The van der Waals surface area contributed by atoms with Crippen LogP contribution in [0.4, 0.5) is 5.13 Å². The van der Waals surface area contributed by atoms with Crippen LogP contribution in [0, 0.1) is 0 Å². The number of nitrogens with one attached hydrogen (secondary N) is 1. The maximum atomic E-state index is 10.6. The number of thiazole rings is 1. The number of benzene rings is 1. The van der Waals surface area contributed by atoms with Crippen molar-refractivity contribution < 1.29 is 15.0 Å². The van der Waals surface area contributed by atoms with Crippen LogP contribution in [0.1, 0.15) is 16.1 Å². The molecule has 6 nitrogen and oxygen atoms in total. The molecule has 0 unspecified atom stereocenters. The van der Waals surface area contributed by atoms with Crippen LogP contribution in [0.3, 0.4) is 0 Å². The lowest BCUT2D eigenvalue weighted by molar-refractivity contribution is 0.0691. The number of hydrogen-bond acceptors (Lipinski definition) is 6. The molecule has 0 radical (unpaired) electrons. The molecule has 0 aliphatic carbocycles. The second-order valence-corrected chi connectivity index (χ2v) is 4.16. The summed E-state index contributed by atoms with van der Waals surface area (Å²) in [4.78, 5) is 14.4. The van der Waals surface area contributed by atoms with Gasteiger partial charge >= 0.3 is 5.97 Å². The summed E-state index contributed by atoms with van der Waals surface area (Å²) in [6.45, 7) is 0. The van der Waals surface area contributed by atoms with Crippen molar-refractivity contribution in [2.75, 3.05) is 5.43 Å². The molecule has 0 fully saturated rings. The molecule has 2 aromatic rings. The van der Waals surface area contributed by atoms with Crippen LogP contribution < -0.4 is 5.43 Å². The molecule has 0 aliphatic heterocycles. The summed E-state index contributed by atoms with van der Waals surface area (Å²) in [7, 11) is 0. The van der Waals surface area contributed by atoms with Crippen LogP contribution in [0.15, 0.2) is 34.7 Å². The molecule has 0 saturated carbocycles. The van der Waals surface area contributed by atoms with Crippen LogP contribution in [-0.4, -0.2) is 27.4 Å². The van der Waals surface area contributed by atoms with E-state index >= 15 is 0 Å². The van der Waals surface area contributed by atoms with E-state index in [9.17, 15) is 4.79 Å². The molecule has 0 amide bonds. The Labute approximate surface area is 106 Å². The predicted molar refractivity (Wildman–Crippen MR) is 68.4 cm³/mol. The second-order valence-electron chi connectivity index (χ2n) is 3.30. The molecule has 3 N–H and O–H groups in total. The number of hydrogen-bond donors (Lipinski definition) is 3. The first-order chi connectivity index (χ1) is 8.65. The van der Waals surface area contributed by atoms with E-state index in [-0.39, 0.29) is 11.4 Å².